The van der Waals surface area contributed by atoms with Gasteiger partial charge in [0, 0.05) is 31.6 Å². The van der Waals surface area contributed by atoms with Crippen molar-refractivity contribution in [1.29, 1.82) is 0 Å². The molecule has 0 atom stereocenters. The number of fused-ring (bicyclic) bond motifs is 2. The molecule has 142 valence electrons. The zero-order valence-electron chi connectivity index (χ0n) is 15.2. The number of ether oxygens (including phenoxy) is 1. The third-order valence-electron chi connectivity index (χ3n) is 4.89. The van der Waals surface area contributed by atoms with Crippen LogP contribution in [-0.4, -0.2) is 53.6 Å². The summed E-state index contributed by atoms with van der Waals surface area (Å²) in [6, 6.07) is 10.2. The molecule has 4 aromatic rings. The van der Waals surface area contributed by atoms with E-state index in [-0.39, 0.29) is 5.82 Å². The first-order valence-electron chi connectivity index (χ1n) is 8.92. The van der Waals surface area contributed by atoms with E-state index < -0.39 is 5.97 Å². The van der Waals surface area contributed by atoms with E-state index in [0.29, 0.717) is 0 Å². The molecular formula is C19H17N5O2S2. The molecule has 1 aromatic carbocycles. The highest BCUT2D eigenvalue weighted by Crippen LogP contribution is 2.32. The summed E-state index contributed by atoms with van der Waals surface area (Å²) < 4.78 is 11.7. The molecule has 0 bridgehead atoms. The Labute approximate surface area is 169 Å². The zero-order valence-corrected chi connectivity index (χ0v) is 16.8. The molecule has 9 heteroatoms. The topological polar surface area (TPSA) is 71.5 Å². The van der Waals surface area contributed by atoms with E-state index in [9.17, 15) is 4.79 Å². The Morgan fingerprint density at radius 2 is 1.79 bits per heavy atom. The van der Waals surface area contributed by atoms with Gasteiger partial charge in [0.25, 0.3) is 0 Å². The lowest BCUT2D eigenvalue weighted by Gasteiger charge is -2.35. The first-order chi connectivity index (χ1) is 13.7. The van der Waals surface area contributed by atoms with Crippen LogP contribution in [0.4, 0.5) is 11.6 Å². The highest BCUT2D eigenvalue weighted by Gasteiger charge is 2.25. The number of methoxy groups -OCH3 is 1. The number of nitrogens with zero attached hydrogens (tertiary/aromatic N) is 5. The van der Waals surface area contributed by atoms with Gasteiger partial charge in [0.2, 0.25) is 5.82 Å². The van der Waals surface area contributed by atoms with E-state index in [2.05, 4.69) is 42.3 Å². The summed E-state index contributed by atoms with van der Waals surface area (Å²) in [5.74, 6) is 1.46. The Morgan fingerprint density at radius 3 is 2.57 bits per heavy atom. The van der Waals surface area contributed by atoms with Crippen molar-refractivity contribution in [3.05, 3.63) is 41.5 Å². The largest absolute Gasteiger partial charge is 0.463 e. The van der Waals surface area contributed by atoms with E-state index in [0.717, 1.165) is 48.0 Å². The van der Waals surface area contributed by atoms with Gasteiger partial charge in [-0.3, -0.25) is 0 Å². The van der Waals surface area contributed by atoms with Gasteiger partial charge in [0.15, 0.2) is 5.82 Å². The number of rotatable bonds is 3. The molecule has 0 unspecified atom stereocenters. The Bertz CT molecular complexity index is 1160. The van der Waals surface area contributed by atoms with Gasteiger partial charge in [-0.2, -0.15) is 4.37 Å². The Kier molecular flexibility index (Phi) is 4.33. The number of aromatic nitrogens is 3. The van der Waals surface area contributed by atoms with Crippen LogP contribution < -0.4 is 9.80 Å². The summed E-state index contributed by atoms with van der Waals surface area (Å²) in [4.78, 5) is 25.4. The molecule has 0 aliphatic carbocycles. The Hall–Kier alpha value is -2.78. The maximum atomic E-state index is 12.0. The van der Waals surface area contributed by atoms with Crippen molar-refractivity contribution in [2.24, 2.45) is 0 Å². The monoisotopic (exact) mass is 411 g/mol. The molecule has 0 spiro atoms. The number of hydrogen-bond acceptors (Lipinski definition) is 9. The van der Waals surface area contributed by atoms with Crippen molar-refractivity contribution in [2.75, 3.05) is 43.1 Å². The van der Waals surface area contributed by atoms with Gasteiger partial charge in [0.05, 0.1) is 22.0 Å². The molecule has 1 aliphatic rings. The van der Waals surface area contributed by atoms with Crippen LogP contribution >= 0.6 is 22.9 Å². The van der Waals surface area contributed by atoms with Crippen LogP contribution in [-0.2, 0) is 4.74 Å². The van der Waals surface area contributed by atoms with Gasteiger partial charge < -0.3 is 14.5 Å². The second-order valence-electron chi connectivity index (χ2n) is 6.47. The fraction of sp³-hybridized carbons (Fsp3) is 0.263. The lowest BCUT2D eigenvalue weighted by molar-refractivity contribution is 0.0587. The molecule has 5 rings (SSSR count). The number of piperazine rings is 1. The zero-order chi connectivity index (χ0) is 19.1. The average Bonchev–Trinajstić information content (AvgIpc) is 3.39. The smallest absolute Gasteiger partial charge is 0.376 e. The Morgan fingerprint density at radius 1 is 1.04 bits per heavy atom. The predicted molar refractivity (Wildman–Crippen MR) is 113 cm³/mol. The SMILES string of the molecule is COC(=O)c1nc(N2CCN(c3nsc4ccccc34)CC2)c2sccc2n1. The van der Waals surface area contributed by atoms with Crippen LogP contribution in [0, 0.1) is 0 Å². The summed E-state index contributed by atoms with van der Waals surface area (Å²) in [7, 11) is 1.35. The van der Waals surface area contributed by atoms with Crippen molar-refractivity contribution in [2.45, 2.75) is 0 Å². The van der Waals surface area contributed by atoms with Gasteiger partial charge in [-0.1, -0.05) is 12.1 Å². The van der Waals surface area contributed by atoms with Crippen molar-refractivity contribution in [1.82, 2.24) is 14.3 Å². The average molecular weight is 412 g/mol. The van der Waals surface area contributed by atoms with Crippen molar-refractivity contribution < 1.29 is 9.53 Å². The number of esters is 1. The van der Waals surface area contributed by atoms with Gasteiger partial charge in [-0.25, -0.2) is 14.8 Å². The minimum Gasteiger partial charge on any atom is -0.463 e. The molecule has 1 fully saturated rings. The molecule has 0 amide bonds. The normalized spacial score (nSPS) is 14.8. The molecule has 28 heavy (non-hydrogen) atoms. The molecule has 7 nitrogen and oxygen atoms in total. The van der Waals surface area contributed by atoms with Gasteiger partial charge >= 0.3 is 5.97 Å². The summed E-state index contributed by atoms with van der Waals surface area (Å²) in [5.41, 5.74) is 0.781. The molecule has 0 saturated carbocycles. The number of carbonyl (C=O) groups is 1. The number of hydrogen-bond donors (Lipinski definition) is 0. The van der Waals surface area contributed by atoms with Crippen molar-refractivity contribution in [3.63, 3.8) is 0 Å². The molecule has 0 N–H and O–H groups in total. The summed E-state index contributed by atoms with van der Waals surface area (Å²) in [6.07, 6.45) is 0. The first kappa shape index (κ1) is 17.3. The molecule has 4 heterocycles. The summed E-state index contributed by atoms with van der Waals surface area (Å²) in [6.45, 7) is 3.29. The maximum Gasteiger partial charge on any atom is 0.376 e. The predicted octanol–water partition coefficient (Wildman–Crippen LogP) is 3.41. The van der Waals surface area contributed by atoms with Crippen LogP contribution in [0.3, 0.4) is 0 Å². The second-order valence-corrected chi connectivity index (χ2v) is 8.19. The highest BCUT2D eigenvalue weighted by atomic mass is 32.1. The number of anilines is 2. The Balaban J connectivity index is 1.42. The molecule has 1 aliphatic heterocycles. The van der Waals surface area contributed by atoms with Crippen LogP contribution in [0.15, 0.2) is 35.7 Å². The maximum absolute atomic E-state index is 12.0. The van der Waals surface area contributed by atoms with Crippen molar-refractivity contribution >= 4 is 60.8 Å². The van der Waals surface area contributed by atoms with Gasteiger partial charge in [-0.05, 0) is 35.1 Å². The van der Waals surface area contributed by atoms with Crippen LogP contribution in [0.25, 0.3) is 20.3 Å². The molecule has 0 radical (unpaired) electrons. The molecular weight excluding hydrogens is 394 g/mol. The van der Waals surface area contributed by atoms with E-state index in [1.165, 1.54) is 28.7 Å². The lowest BCUT2D eigenvalue weighted by atomic mass is 10.2. The van der Waals surface area contributed by atoms with E-state index in [1.54, 1.807) is 11.3 Å². The first-order valence-corrected chi connectivity index (χ1v) is 10.6. The van der Waals surface area contributed by atoms with Crippen LogP contribution in [0.5, 0.6) is 0 Å². The summed E-state index contributed by atoms with van der Waals surface area (Å²) >= 11 is 3.13. The minimum atomic E-state index is -0.512. The van der Waals surface area contributed by atoms with E-state index >= 15 is 0 Å². The van der Waals surface area contributed by atoms with E-state index in [1.807, 2.05) is 17.5 Å². The number of carbonyl (C=O) groups excluding carboxylic acids is 1. The summed E-state index contributed by atoms with van der Waals surface area (Å²) in [5, 5.41) is 3.18. The molecule has 3 aromatic heterocycles. The molecule has 1 saturated heterocycles. The van der Waals surface area contributed by atoms with Crippen molar-refractivity contribution in [3.8, 4) is 0 Å². The highest BCUT2D eigenvalue weighted by molar-refractivity contribution is 7.17. The fourth-order valence-electron chi connectivity index (χ4n) is 3.48. The van der Waals surface area contributed by atoms with E-state index in [4.69, 9.17) is 4.74 Å². The van der Waals surface area contributed by atoms with Gasteiger partial charge in [0.1, 0.15) is 5.82 Å². The standard InChI is InChI=1S/C19H17N5O2S2/c1-26-19(25)16-20-13-6-11-27-15(13)18(21-16)24-9-7-23(8-10-24)17-12-4-2-3-5-14(12)28-22-17/h2-6,11H,7-10H2,1H3. The number of benzene rings is 1. The van der Waals surface area contributed by atoms with Crippen LogP contribution in [0.2, 0.25) is 0 Å². The fourth-order valence-corrected chi connectivity index (χ4v) is 5.12. The second kappa shape index (κ2) is 6.99. The quantitative estimate of drug-likeness (QED) is 0.478. The lowest BCUT2D eigenvalue weighted by Crippen LogP contribution is -2.47. The van der Waals surface area contributed by atoms with Gasteiger partial charge in [-0.15, -0.1) is 11.3 Å². The number of thiophene rings is 1. The minimum absolute atomic E-state index is 0.108. The third kappa shape index (κ3) is 2.87. The third-order valence-corrected chi connectivity index (χ3v) is 6.61. The van der Waals surface area contributed by atoms with Crippen LogP contribution in [0.1, 0.15) is 10.6 Å².